The van der Waals surface area contributed by atoms with Crippen LogP contribution in [0.3, 0.4) is 0 Å². The molecule has 0 saturated carbocycles. The fourth-order valence-corrected chi connectivity index (χ4v) is 4.29. The molecule has 0 radical (unpaired) electrons. The molecule has 0 aromatic heterocycles. The van der Waals surface area contributed by atoms with E-state index in [0.29, 0.717) is 22.6 Å². The lowest BCUT2D eigenvalue weighted by atomic mass is 9.98. The number of hydrogen-bond acceptors (Lipinski definition) is 13. The van der Waals surface area contributed by atoms with E-state index < -0.39 is 60.6 Å². The SMILES string of the molecule is CCOC(=O)COc1ccc(-c2ccccc2O[C@@H]2O[C@H](COC(C)=O)[C@@H](OC(C)=O)[C@H](OC(C)=O)[C@@H]2OC(C)=O)cc1. The Bertz CT molecular complexity index is 1290. The molecule has 13 nitrogen and oxygen atoms in total. The van der Waals surface area contributed by atoms with Crippen LogP contribution in [0.1, 0.15) is 34.6 Å². The Morgan fingerprint density at radius 3 is 1.93 bits per heavy atom. The van der Waals surface area contributed by atoms with Gasteiger partial charge in [-0.15, -0.1) is 0 Å². The average molecular weight is 603 g/mol. The minimum Gasteiger partial charge on any atom is -0.482 e. The van der Waals surface area contributed by atoms with Crippen molar-refractivity contribution in [2.24, 2.45) is 0 Å². The molecule has 1 saturated heterocycles. The second-order valence-electron chi connectivity index (χ2n) is 9.30. The highest BCUT2D eigenvalue weighted by molar-refractivity contribution is 5.72. The van der Waals surface area contributed by atoms with Gasteiger partial charge in [0.15, 0.2) is 18.8 Å². The highest BCUT2D eigenvalue weighted by atomic mass is 16.7. The normalized spacial score (nSPS) is 21.1. The van der Waals surface area contributed by atoms with Crippen LogP contribution in [0.15, 0.2) is 48.5 Å². The van der Waals surface area contributed by atoms with E-state index >= 15 is 0 Å². The molecule has 2 aromatic carbocycles. The van der Waals surface area contributed by atoms with E-state index in [1.807, 2.05) is 0 Å². The molecule has 3 rings (SSSR count). The van der Waals surface area contributed by atoms with Crippen LogP contribution in [0.25, 0.3) is 11.1 Å². The second kappa shape index (κ2) is 15.5. The molecule has 5 atom stereocenters. The molecule has 0 unspecified atom stereocenters. The Kier molecular flexibility index (Phi) is 11.9. The maximum absolute atomic E-state index is 12.1. The number of esters is 5. The predicted octanol–water partition coefficient (Wildman–Crippen LogP) is 2.76. The summed E-state index contributed by atoms with van der Waals surface area (Å²) in [5, 5.41) is 0. The number of ether oxygens (including phenoxy) is 8. The van der Waals surface area contributed by atoms with Crippen LogP contribution in [-0.4, -0.2) is 80.4 Å². The van der Waals surface area contributed by atoms with Crippen LogP contribution in [-0.2, 0) is 52.4 Å². The lowest BCUT2D eigenvalue weighted by Crippen LogP contribution is -2.63. The largest absolute Gasteiger partial charge is 0.482 e. The van der Waals surface area contributed by atoms with Crippen molar-refractivity contribution in [3.63, 3.8) is 0 Å². The van der Waals surface area contributed by atoms with Crippen molar-refractivity contribution >= 4 is 29.8 Å². The molecular formula is C30H34O13. The highest BCUT2D eigenvalue weighted by Gasteiger charge is 2.53. The van der Waals surface area contributed by atoms with Gasteiger partial charge in [-0.3, -0.25) is 19.2 Å². The van der Waals surface area contributed by atoms with Gasteiger partial charge in [-0.05, 0) is 30.7 Å². The summed E-state index contributed by atoms with van der Waals surface area (Å²) in [4.78, 5) is 59.4. The minimum absolute atomic E-state index is 0.240. The van der Waals surface area contributed by atoms with Gasteiger partial charge >= 0.3 is 29.8 Å². The average Bonchev–Trinajstić information content (AvgIpc) is 2.94. The fourth-order valence-electron chi connectivity index (χ4n) is 4.29. The predicted molar refractivity (Wildman–Crippen MR) is 147 cm³/mol. The summed E-state index contributed by atoms with van der Waals surface area (Å²) < 4.78 is 44.1. The zero-order chi connectivity index (χ0) is 31.5. The van der Waals surface area contributed by atoms with Gasteiger partial charge in [0.25, 0.3) is 0 Å². The van der Waals surface area contributed by atoms with Gasteiger partial charge in [-0.1, -0.05) is 30.3 Å². The topological polar surface area (TPSA) is 159 Å². The Hall–Kier alpha value is -4.65. The Balaban J connectivity index is 1.95. The number of carbonyl (C=O) groups is 5. The molecule has 0 amide bonds. The first kappa shape index (κ1) is 32.9. The van der Waals surface area contributed by atoms with Gasteiger partial charge in [0, 0.05) is 33.3 Å². The minimum atomic E-state index is -1.39. The fraction of sp³-hybridized carbons (Fsp3) is 0.433. The van der Waals surface area contributed by atoms with Gasteiger partial charge in [0.1, 0.15) is 24.2 Å². The van der Waals surface area contributed by atoms with E-state index in [-0.39, 0.29) is 19.8 Å². The highest BCUT2D eigenvalue weighted by Crippen LogP contribution is 2.35. The monoisotopic (exact) mass is 602 g/mol. The van der Waals surface area contributed by atoms with Gasteiger partial charge < -0.3 is 37.9 Å². The van der Waals surface area contributed by atoms with Crippen molar-refractivity contribution in [2.45, 2.75) is 65.3 Å². The van der Waals surface area contributed by atoms with Crippen molar-refractivity contribution in [3.05, 3.63) is 48.5 Å². The quantitative estimate of drug-likeness (QED) is 0.258. The maximum atomic E-state index is 12.1. The lowest BCUT2D eigenvalue weighted by molar-refractivity contribution is -0.288. The lowest BCUT2D eigenvalue weighted by Gasteiger charge is -2.44. The van der Waals surface area contributed by atoms with Crippen LogP contribution in [0, 0.1) is 0 Å². The molecule has 1 heterocycles. The first-order valence-corrected chi connectivity index (χ1v) is 13.4. The van der Waals surface area contributed by atoms with E-state index in [0.717, 1.165) is 20.8 Å². The van der Waals surface area contributed by atoms with Crippen molar-refractivity contribution in [2.75, 3.05) is 19.8 Å². The molecule has 0 spiro atoms. The van der Waals surface area contributed by atoms with E-state index in [9.17, 15) is 24.0 Å². The summed E-state index contributed by atoms with van der Waals surface area (Å²) in [6.45, 7) is 5.94. The number of para-hydroxylation sites is 1. The first-order chi connectivity index (χ1) is 20.5. The summed E-state index contributed by atoms with van der Waals surface area (Å²) >= 11 is 0. The molecular weight excluding hydrogens is 568 g/mol. The van der Waals surface area contributed by atoms with Crippen LogP contribution in [0.4, 0.5) is 0 Å². The van der Waals surface area contributed by atoms with E-state index in [2.05, 4.69) is 0 Å². The molecule has 13 heteroatoms. The smallest absolute Gasteiger partial charge is 0.344 e. The van der Waals surface area contributed by atoms with Gasteiger partial charge in [0.05, 0.1) is 6.61 Å². The summed E-state index contributed by atoms with van der Waals surface area (Å²) in [7, 11) is 0. The van der Waals surface area contributed by atoms with Gasteiger partial charge in [0.2, 0.25) is 12.4 Å². The number of hydrogen-bond donors (Lipinski definition) is 0. The Morgan fingerprint density at radius 2 is 1.33 bits per heavy atom. The number of carbonyl (C=O) groups excluding carboxylic acids is 5. The summed E-state index contributed by atoms with van der Waals surface area (Å²) in [5.41, 5.74) is 1.30. The molecule has 232 valence electrons. The molecule has 0 bridgehead atoms. The third-order valence-electron chi connectivity index (χ3n) is 5.91. The first-order valence-electron chi connectivity index (χ1n) is 13.4. The third kappa shape index (κ3) is 9.70. The summed E-state index contributed by atoms with van der Waals surface area (Å²) in [5.74, 6) is -2.62. The van der Waals surface area contributed by atoms with Gasteiger partial charge in [-0.25, -0.2) is 4.79 Å². The van der Waals surface area contributed by atoms with Crippen molar-refractivity contribution in [1.82, 2.24) is 0 Å². The Labute approximate surface area is 248 Å². The number of rotatable bonds is 12. The summed E-state index contributed by atoms with van der Waals surface area (Å²) in [6, 6.07) is 13.7. The molecule has 1 fully saturated rings. The molecule has 43 heavy (non-hydrogen) atoms. The van der Waals surface area contributed by atoms with Crippen LogP contribution < -0.4 is 9.47 Å². The zero-order valence-electron chi connectivity index (χ0n) is 24.4. The van der Waals surface area contributed by atoms with E-state index in [1.165, 1.54) is 6.92 Å². The molecule has 0 aliphatic carbocycles. The maximum Gasteiger partial charge on any atom is 0.344 e. The Morgan fingerprint density at radius 1 is 0.721 bits per heavy atom. The van der Waals surface area contributed by atoms with Crippen molar-refractivity contribution in [3.8, 4) is 22.6 Å². The summed E-state index contributed by atoms with van der Waals surface area (Å²) in [6.07, 6.45) is -6.60. The van der Waals surface area contributed by atoms with Crippen LogP contribution >= 0.6 is 0 Å². The number of benzene rings is 2. The van der Waals surface area contributed by atoms with Crippen molar-refractivity contribution < 1.29 is 61.9 Å². The van der Waals surface area contributed by atoms with E-state index in [4.69, 9.17) is 37.9 Å². The molecule has 1 aliphatic heterocycles. The standard InChI is InChI=1S/C30H34O13/c1-6-36-26(35)16-38-22-13-11-21(12-14-22)23-9-7-8-10-24(23)42-30-29(41-20(5)34)28(40-19(4)33)27(39-18(3)32)25(43-30)15-37-17(2)31/h7-14,25,27-30H,6,15-16H2,1-5H3/t25-,27-,28+,29+,30-/m1/s1. The van der Waals surface area contributed by atoms with E-state index in [1.54, 1.807) is 55.5 Å². The second-order valence-corrected chi connectivity index (χ2v) is 9.30. The van der Waals surface area contributed by atoms with Crippen LogP contribution in [0.5, 0.6) is 11.5 Å². The molecule has 1 aliphatic rings. The van der Waals surface area contributed by atoms with Gasteiger partial charge in [-0.2, -0.15) is 0 Å². The third-order valence-corrected chi connectivity index (χ3v) is 5.91. The molecule has 0 N–H and O–H groups in total. The molecule has 2 aromatic rings. The van der Waals surface area contributed by atoms with Crippen molar-refractivity contribution in [1.29, 1.82) is 0 Å². The van der Waals surface area contributed by atoms with Crippen LogP contribution in [0.2, 0.25) is 0 Å². The zero-order valence-corrected chi connectivity index (χ0v) is 24.4.